The molecule has 0 unspecified atom stereocenters. The molecule has 0 amide bonds. The number of nitrogens with zero attached hydrogens (tertiary/aromatic N) is 1. The molecule has 0 saturated heterocycles. The molecule has 0 atom stereocenters. The number of hydrogen-bond donors (Lipinski definition) is 1. The van der Waals surface area contributed by atoms with Crippen molar-refractivity contribution in [2.24, 2.45) is 0 Å². The van der Waals surface area contributed by atoms with Gasteiger partial charge in [-0.15, -0.1) is 0 Å². The highest BCUT2D eigenvalue weighted by atomic mass is 19.4. The van der Waals surface area contributed by atoms with Gasteiger partial charge in [-0.1, -0.05) is 0 Å². The second-order valence-corrected chi connectivity index (χ2v) is 4.15. The van der Waals surface area contributed by atoms with E-state index in [9.17, 15) is 18.0 Å². The molecule has 7 heteroatoms. The number of carboxylic acid groups (broad SMARTS) is 1. The fourth-order valence-corrected chi connectivity index (χ4v) is 1.76. The number of alkyl halides is 3. The molecular formula is C14H10F3NO3. The maximum absolute atomic E-state index is 12.8. The molecule has 0 fully saturated rings. The lowest BCUT2D eigenvalue weighted by Gasteiger charge is -2.12. The van der Waals surface area contributed by atoms with E-state index in [0.29, 0.717) is 0 Å². The second kappa shape index (κ2) is 5.43. The van der Waals surface area contributed by atoms with Crippen LogP contribution in [0.1, 0.15) is 15.9 Å². The van der Waals surface area contributed by atoms with Gasteiger partial charge in [-0.2, -0.15) is 13.2 Å². The molecule has 1 aromatic heterocycles. The number of benzene rings is 1. The first-order chi connectivity index (χ1) is 9.82. The first-order valence-corrected chi connectivity index (χ1v) is 5.78. The summed E-state index contributed by atoms with van der Waals surface area (Å²) < 4.78 is 43.3. The fourth-order valence-electron chi connectivity index (χ4n) is 1.76. The number of halogens is 3. The lowest BCUT2D eigenvalue weighted by atomic mass is 10.1. The first kappa shape index (κ1) is 14.8. The zero-order valence-electron chi connectivity index (χ0n) is 10.8. The van der Waals surface area contributed by atoms with Crippen LogP contribution in [-0.4, -0.2) is 23.2 Å². The number of aromatic carboxylic acids is 1. The zero-order valence-corrected chi connectivity index (χ0v) is 10.8. The minimum atomic E-state index is -4.48. The predicted molar refractivity (Wildman–Crippen MR) is 68.2 cm³/mol. The van der Waals surface area contributed by atoms with Crippen LogP contribution in [0.4, 0.5) is 13.2 Å². The highest BCUT2D eigenvalue weighted by Crippen LogP contribution is 2.36. The van der Waals surface area contributed by atoms with E-state index in [2.05, 4.69) is 4.98 Å². The average Bonchev–Trinajstić information content (AvgIpc) is 2.45. The van der Waals surface area contributed by atoms with Crippen molar-refractivity contribution in [1.29, 1.82) is 0 Å². The molecule has 1 aromatic carbocycles. The summed E-state index contributed by atoms with van der Waals surface area (Å²) in [4.78, 5) is 14.6. The third kappa shape index (κ3) is 3.13. The highest BCUT2D eigenvalue weighted by Gasteiger charge is 2.31. The van der Waals surface area contributed by atoms with Crippen molar-refractivity contribution >= 4 is 5.97 Å². The summed E-state index contributed by atoms with van der Waals surface area (Å²) in [7, 11) is 1.33. The fraction of sp³-hybridized carbons (Fsp3) is 0.143. The number of carbonyl (C=O) groups is 1. The summed E-state index contributed by atoms with van der Waals surface area (Å²) in [5.41, 5.74) is -0.542. The maximum atomic E-state index is 12.8. The molecule has 4 nitrogen and oxygen atoms in total. The van der Waals surface area contributed by atoms with Crippen molar-refractivity contribution in [1.82, 2.24) is 4.98 Å². The Hall–Kier alpha value is -2.57. The van der Waals surface area contributed by atoms with E-state index >= 15 is 0 Å². The van der Waals surface area contributed by atoms with Gasteiger partial charge >= 0.3 is 12.1 Å². The van der Waals surface area contributed by atoms with E-state index in [1.54, 1.807) is 0 Å². The molecule has 2 aromatic rings. The molecule has 0 aliphatic carbocycles. The van der Waals surface area contributed by atoms with Gasteiger partial charge in [0.25, 0.3) is 0 Å². The van der Waals surface area contributed by atoms with Gasteiger partial charge in [-0.25, -0.2) is 4.79 Å². The smallest absolute Gasteiger partial charge is 0.416 e. The van der Waals surface area contributed by atoms with Crippen LogP contribution in [0.5, 0.6) is 5.75 Å². The summed E-state index contributed by atoms with van der Waals surface area (Å²) in [5.74, 6) is -0.941. The van der Waals surface area contributed by atoms with Gasteiger partial charge in [0.15, 0.2) is 0 Å². The van der Waals surface area contributed by atoms with Crippen molar-refractivity contribution in [3.63, 3.8) is 0 Å². The number of rotatable bonds is 3. The normalized spacial score (nSPS) is 11.2. The lowest BCUT2D eigenvalue weighted by Crippen LogP contribution is -2.05. The summed E-state index contributed by atoms with van der Waals surface area (Å²) in [5, 5.41) is 8.78. The van der Waals surface area contributed by atoms with Crippen LogP contribution in [-0.2, 0) is 6.18 Å². The van der Waals surface area contributed by atoms with Crippen molar-refractivity contribution in [2.45, 2.75) is 6.18 Å². The van der Waals surface area contributed by atoms with Gasteiger partial charge in [0.2, 0.25) is 0 Å². The molecule has 0 aliphatic rings. The van der Waals surface area contributed by atoms with Crippen LogP contribution >= 0.6 is 0 Å². The van der Waals surface area contributed by atoms with Gasteiger partial charge in [0.1, 0.15) is 5.75 Å². The van der Waals surface area contributed by atoms with E-state index in [4.69, 9.17) is 9.84 Å². The predicted octanol–water partition coefficient (Wildman–Crippen LogP) is 3.47. The zero-order chi connectivity index (χ0) is 15.6. The van der Waals surface area contributed by atoms with Crippen molar-refractivity contribution in [2.75, 3.05) is 7.11 Å². The number of hydrogen-bond acceptors (Lipinski definition) is 3. The minimum absolute atomic E-state index is 0.0512. The molecular weight excluding hydrogens is 287 g/mol. The largest absolute Gasteiger partial charge is 0.496 e. The van der Waals surface area contributed by atoms with Gasteiger partial charge in [-0.3, -0.25) is 4.98 Å². The summed E-state index contributed by atoms with van der Waals surface area (Å²) in [6.45, 7) is 0. The summed E-state index contributed by atoms with van der Waals surface area (Å²) >= 11 is 0. The Kier molecular flexibility index (Phi) is 3.84. The van der Waals surface area contributed by atoms with Crippen LogP contribution in [0.25, 0.3) is 11.3 Å². The van der Waals surface area contributed by atoms with Gasteiger partial charge in [0.05, 0.1) is 23.9 Å². The Bertz CT molecular complexity index is 666. The molecule has 0 spiro atoms. The van der Waals surface area contributed by atoms with Gasteiger partial charge in [0, 0.05) is 11.8 Å². The Morgan fingerprint density at radius 3 is 2.43 bits per heavy atom. The Balaban J connectivity index is 2.52. The highest BCUT2D eigenvalue weighted by molar-refractivity contribution is 5.87. The van der Waals surface area contributed by atoms with E-state index in [1.165, 1.54) is 25.3 Å². The van der Waals surface area contributed by atoms with Gasteiger partial charge < -0.3 is 9.84 Å². The molecule has 21 heavy (non-hydrogen) atoms. The molecule has 110 valence electrons. The molecule has 1 N–H and O–H groups in total. The van der Waals surface area contributed by atoms with Crippen LogP contribution in [0, 0.1) is 0 Å². The maximum Gasteiger partial charge on any atom is 0.416 e. The quantitative estimate of drug-likeness (QED) is 0.942. The Labute approximate surface area is 117 Å². The topological polar surface area (TPSA) is 59.4 Å². The van der Waals surface area contributed by atoms with E-state index in [-0.39, 0.29) is 22.6 Å². The monoisotopic (exact) mass is 297 g/mol. The van der Waals surface area contributed by atoms with Gasteiger partial charge in [-0.05, 0) is 30.3 Å². The number of ether oxygens (including phenoxy) is 1. The molecule has 0 aliphatic heterocycles. The summed E-state index contributed by atoms with van der Waals surface area (Å²) in [6, 6.07) is 5.63. The van der Waals surface area contributed by atoms with E-state index in [0.717, 1.165) is 18.3 Å². The molecule has 0 bridgehead atoms. The first-order valence-electron chi connectivity index (χ1n) is 5.78. The molecule has 0 saturated carbocycles. The SMILES string of the molecule is COc1ccc(C(F)(F)F)cc1-c1ccc(C(=O)O)cn1. The Morgan fingerprint density at radius 2 is 1.95 bits per heavy atom. The molecule has 2 rings (SSSR count). The lowest BCUT2D eigenvalue weighted by molar-refractivity contribution is -0.137. The van der Waals surface area contributed by atoms with Crippen molar-refractivity contribution in [3.05, 3.63) is 47.7 Å². The van der Waals surface area contributed by atoms with E-state index in [1.807, 2.05) is 0 Å². The summed E-state index contributed by atoms with van der Waals surface area (Å²) in [6.07, 6.45) is -3.40. The number of aromatic nitrogens is 1. The van der Waals surface area contributed by atoms with Crippen LogP contribution in [0.3, 0.4) is 0 Å². The third-order valence-electron chi connectivity index (χ3n) is 2.81. The number of pyridine rings is 1. The number of methoxy groups -OCH3 is 1. The van der Waals surface area contributed by atoms with Crippen LogP contribution in [0.2, 0.25) is 0 Å². The molecule has 0 radical (unpaired) electrons. The Morgan fingerprint density at radius 1 is 1.24 bits per heavy atom. The van der Waals surface area contributed by atoms with Crippen molar-refractivity contribution < 1.29 is 27.8 Å². The number of carboxylic acids is 1. The minimum Gasteiger partial charge on any atom is -0.496 e. The van der Waals surface area contributed by atoms with E-state index < -0.39 is 17.7 Å². The van der Waals surface area contributed by atoms with Crippen molar-refractivity contribution in [3.8, 4) is 17.0 Å². The third-order valence-corrected chi connectivity index (χ3v) is 2.81. The molecule has 1 heterocycles. The van der Waals surface area contributed by atoms with Crippen LogP contribution in [0.15, 0.2) is 36.5 Å². The second-order valence-electron chi connectivity index (χ2n) is 4.15. The van der Waals surface area contributed by atoms with Crippen LogP contribution < -0.4 is 4.74 Å². The standard InChI is InChI=1S/C14H10F3NO3/c1-21-12-5-3-9(14(15,16)17)6-10(12)11-4-2-8(7-18-11)13(19)20/h2-7H,1H3,(H,19,20). The average molecular weight is 297 g/mol.